The second kappa shape index (κ2) is 9.04. The second-order valence-corrected chi connectivity index (χ2v) is 7.17. The summed E-state index contributed by atoms with van der Waals surface area (Å²) in [5.41, 5.74) is 4.66. The van der Waals surface area contributed by atoms with Crippen molar-refractivity contribution in [3.8, 4) is 11.3 Å². The van der Waals surface area contributed by atoms with E-state index in [1.165, 1.54) is 5.56 Å². The minimum absolute atomic E-state index is 0. The first-order valence-corrected chi connectivity index (χ1v) is 9.36. The van der Waals surface area contributed by atoms with Crippen LogP contribution in [0.15, 0.2) is 60.8 Å². The highest BCUT2D eigenvalue weighted by Crippen LogP contribution is 2.23. The molecule has 5 nitrogen and oxygen atoms in total. The van der Waals surface area contributed by atoms with Gasteiger partial charge in [-0.25, -0.2) is 0 Å². The predicted octanol–water partition coefficient (Wildman–Crippen LogP) is 3.28. The number of carbonyl (C=O) groups excluding carboxylic acids is 1. The molecular formula is C22H25ClN4O. The number of aryl methyl sites for hydroxylation is 1. The van der Waals surface area contributed by atoms with Gasteiger partial charge in [0.15, 0.2) is 0 Å². The van der Waals surface area contributed by atoms with Gasteiger partial charge in [-0.05, 0) is 12.5 Å². The monoisotopic (exact) mass is 396 g/mol. The number of nitrogens with one attached hydrogen (secondary N) is 2. The van der Waals surface area contributed by atoms with E-state index >= 15 is 0 Å². The molecule has 0 bridgehead atoms. The number of hydrogen-bond donors (Lipinski definition) is 2. The van der Waals surface area contributed by atoms with Crippen LogP contribution in [0.1, 0.15) is 21.5 Å². The van der Waals surface area contributed by atoms with Crippen LogP contribution in [0.4, 0.5) is 0 Å². The van der Waals surface area contributed by atoms with E-state index in [0.29, 0.717) is 24.6 Å². The molecule has 1 fully saturated rings. The van der Waals surface area contributed by atoms with E-state index in [0.717, 1.165) is 29.9 Å². The summed E-state index contributed by atoms with van der Waals surface area (Å²) in [6.07, 6.45) is 1.86. The molecule has 0 unspecified atom stereocenters. The molecule has 0 radical (unpaired) electrons. The van der Waals surface area contributed by atoms with Crippen LogP contribution in [-0.4, -0.2) is 35.3 Å². The molecule has 2 N–H and O–H groups in total. The minimum atomic E-state index is -0.0585. The molecule has 2 heterocycles. The molecule has 6 heteroatoms. The fourth-order valence-electron chi connectivity index (χ4n) is 3.19. The summed E-state index contributed by atoms with van der Waals surface area (Å²) >= 11 is 0. The van der Waals surface area contributed by atoms with Crippen LogP contribution in [0.2, 0.25) is 0 Å². The number of nitrogens with zero attached hydrogens (tertiary/aromatic N) is 2. The minimum Gasteiger partial charge on any atom is -0.352 e. The van der Waals surface area contributed by atoms with Gasteiger partial charge >= 0.3 is 0 Å². The lowest BCUT2D eigenvalue weighted by molar-refractivity contribution is 0.0942. The van der Waals surface area contributed by atoms with Crippen LogP contribution in [0.3, 0.4) is 0 Å². The Hall–Kier alpha value is -2.63. The number of halogens is 1. The Morgan fingerprint density at radius 1 is 1.14 bits per heavy atom. The van der Waals surface area contributed by atoms with E-state index in [-0.39, 0.29) is 18.3 Å². The molecule has 146 valence electrons. The summed E-state index contributed by atoms with van der Waals surface area (Å²) in [7, 11) is 0. The van der Waals surface area contributed by atoms with Crippen LogP contribution >= 0.6 is 12.4 Å². The van der Waals surface area contributed by atoms with Gasteiger partial charge in [0.2, 0.25) is 0 Å². The molecule has 0 atom stereocenters. The van der Waals surface area contributed by atoms with Crippen molar-refractivity contribution in [2.75, 3.05) is 19.6 Å². The van der Waals surface area contributed by atoms with Gasteiger partial charge in [-0.2, -0.15) is 5.10 Å². The first-order chi connectivity index (χ1) is 13.2. The smallest absolute Gasteiger partial charge is 0.255 e. The normalized spacial score (nSPS) is 13.5. The highest BCUT2D eigenvalue weighted by molar-refractivity contribution is 5.99. The zero-order valence-corrected chi connectivity index (χ0v) is 16.7. The second-order valence-electron chi connectivity index (χ2n) is 7.17. The molecule has 0 saturated carbocycles. The third-order valence-corrected chi connectivity index (χ3v) is 4.94. The summed E-state index contributed by atoms with van der Waals surface area (Å²) < 4.78 is 1.85. The van der Waals surface area contributed by atoms with Crippen LogP contribution in [0.5, 0.6) is 0 Å². The number of rotatable bonds is 6. The third-order valence-electron chi connectivity index (χ3n) is 4.94. The molecule has 1 aliphatic rings. The Morgan fingerprint density at radius 3 is 2.50 bits per heavy atom. The van der Waals surface area contributed by atoms with Crippen molar-refractivity contribution in [2.24, 2.45) is 5.92 Å². The van der Waals surface area contributed by atoms with Crippen LogP contribution in [0.25, 0.3) is 11.3 Å². The van der Waals surface area contributed by atoms with Crippen molar-refractivity contribution in [2.45, 2.75) is 13.5 Å². The summed E-state index contributed by atoms with van der Waals surface area (Å²) in [5.74, 6) is 0.466. The molecule has 0 aliphatic carbocycles. The van der Waals surface area contributed by atoms with Gasteiger partial charge in [0.05, 0.1) is 12.1 Å². The van der Waals surface area contributed by atoms with Crippen LogP contribution < -0.4 is 10.6 Å². The third kappa shape index (κ3) is 4.61. The Bertz CT molecular complexity index is 917. The molecule has 1 aliphatic heterocycles. The highest BCUT2D eigenvalue weighted by atomic mass is 35.5. The van der Waals surface area contributed by atoms with E-state index < -0.39 is 0 Å². The van der Waals surface area contributed by atoms with E-state index in [2.05, 4.69) is 29.7 Å². The van der Waals surface area contributed by atoms with E-state index in [1.54, 1.807) is 0 Å². The lowest BCUT2D eigenvalue weighted by Gasteiger charge is -2.27. The quantitative estimate of drug-likeness (QED) is 0.672. The molecule has 1 aromatic heterocycles. The Morgan fingerprint density at radius 2 is 1.86 bits per heavy atom. The molecule has 2 aromatic carbocycles. The summed E-state index contributed by atoms with van der Waals surface area (Å²) in [4.78, 5) is 12.8. The zero-order chi connectivity index (χ0) is 18.6. The number of aromatic nitrogens is 2. The summed E-state index contributed by atoms with van der Waals surface area (Å²) in [6, 6.07) is 18.3. The van der Waals surface area contributed by atoms with Gasteiger partial charge in [0.25, 0.3) is 5.91 Å². The SMILES string of the molecule is Cc1ccc(-c2nn(Cc3ccccc3)cc2C(=O)NCC2CNC2)cc1.Cl. The predicted molar refractivity (Wildman–Crippen MR) is 114 cm³/mol. The van der Waals surface area contributed by atoms with Crippen LogP contribution in [0, 0.1) is 12.8 Å². The largest absolute Gasteiger partial charge is 0.352 e. The molecule has 1 saturated heterocycles. The maximum absolute atomic E-state index is 12.8. The van der Waals surface area contributed by atoms with Gasteiger partial charge < -0.3 is 10.6 Å². The summed E-state index contributed by atoms with van der Waals surface area (Å²) in [6.45, 7) is 5.33. The van der Waals surface area contributed by atoms with Gasteiger partial charge in [-0.1, -0.05) is 60.2 Å². The first-order valence-electron chi connectivity index (χ1n) is 9.36. The lowest BCUT2D eigenvalue weighted by Crippen LogP contribution is -2.48. The maximum atomic E-state index is 12.8. The number of amides is 1. The standard InChI is InChI=1S/C22H24N4O.ClH/c1-16-7-9-19(10-8-16)21-20(22(27)24-13-18-11-23-12-18)15-26(25-21)14-17-5-3-2-4-6-17;/h2-10,15,18,23H,11-14H2,1H3,(H,24,27);1H. The number of benzene rings is 2. The Labute approximate surface area is 171 Å². The maximum Gasteiger partial charge on any atom is 0.255 e. The van der Waals surface area contributed by atoms with Gasteiger partial charge in [-0.15, -0.1) is 12.4 Å². The molecular weight excluding hydrogens is 372 g/mol. The fourth-order valence-corrected chi connectivity index (χ4v) is 3.19. The number of hydrogen-bond acceptors (Lipinski definition) is 3. The molecule has 3 aromatic rings. The molecule has 1 amide bonds. The van der Waals surface area contributed by atoms with Gasteiger partial charge in [-0.3, -0.25) is 9.48 Å². The van der Waals surface area contributed by atoms with Gasteiger partial charge in [0, 0.05) is 37.3 Å². The van der Waals surface area contributed by atoms with Crippen LogP contribution in [-0.2, 0) is 6.54 Å². The molecule has 4 rings (SSSR count). The highest BCUT2D eigenvalue weighted by Gasteiger charge is 2.21. The summed E-state index contributed by atoms with van der Waals surface area (Å²) in [5, 5.41) is 11.0. The number of carbonyl (C=O) groups is 1. The zero-order valence-electron chi connectivity index (χ0n) is 15.9. The lowest BCUT2D eigenvalue weighted by atomic mass is 10.0. The van der Waals surface area contributed by atoms with Gasteiger partial charge in [0.1, 0.15) is 5.69 Å². The first kappa shape index (κ1) is 20.1. The molecule has 0 spiro atoms. The van der Waals surface area contributed by atoms with Crippen molar-refractivity contribution in [3.63, 3.8) is 0 Å². The van der Waals surface area contributed by atoms with Crippen molar-refractivity contribution < 1.29 is 4.79 Å². The average Bonchev–Trinajstić information content (AvgIpc) is 3.05. The van der Waals surface area contributed by atoms with Crippen molar-refractivity contribution in [1.82, 2.24) is 20.4 Å². The van der Waals surface area contributed by atoms with Crippen molar-refractivity contribution in [3.05, 3.63) is 77.5 Å². The van der Waals surface area contributed by atoms with Crippen molar-refractivity contribution >= 4 is 18.3 Å². The Kier molecular flexibility index (Phi) is 6.49. The van der Waals surface area contributed by atoms with E-state index in [1.807, 2.05) is 53.3 Å². The average molecular weight is 397 g/mol. The fraction of sp³-hybridized carbons (Fsp3) is 0.273. The topological polar surface area (TPSA) is 59.0 Å². The van der Waals surface area contributed by atoms with E-state index in [4.69, 9.17) is 5.10 Å². The van der Waals surface area contributed by atoms with Crippen molar-refractivity contribution in [1.29, 1.82) is 0 Å². The van der Waals surface area contributed by atoms with E-state index in [9.17, 15) is 4.79 Å². The Balaban J connectivity index is 0.00000225. The molecule has 28 heavy (non-hydrogen) atoms.